The molecule has 1 aromatic heterocycles. The van der Waals surface area contributed by atoms with E-state index in [2.05, 4.69) is 36.8 Å². The minimum atomic E-state index is -0.310. The molecular weight excluding hydrogens is 504 g/mol. The number of aromatic nitrogens is 1. The highest BCUT2D eigenvalue weighted by Crippen LogP contribution is 2.36. The van der Waals surface area contributed by atoms with E-state index < -0.39 is 0 Å². The van der Waals surface area contributed by atoms with Crippen LogP contribution in [0, 0.1) is 0 Å². The summed E-state index contributed by atoms with van der Waals surface area (Å²) in [7, 11) is 0. The van der Waals surface area contributed by atoms with Crippen molar-refractivity contribution in [3.05, 3.63) is 87.7 Å². The van der Waals surface area contributed by atoms with Gasteiger partial charge in [0.05, 0.1) is 11.9 Å². The third-order valence-electron chi connectivity index (χ3n) is 4.83. The summed E-state index contributed by atoms with van der Waals surface area (Å²) in [6.07, 6.45) is 1.55. The van der Waals surface area contributed by atoms with Crippen molar-refractivity contribution in [1.29, 1.82) is 0 Å². The van der Waals surface area contributed by atoms with Crippen LogP contribution < -0.4 is 20.2 Å². The number of anilines is 2. The summed E-state index contributed by atoms with van der Waals surface area (Å²) in [4.78, 5) is 17.0. The molecule has 9 heteroatoms. The van der Waals surface area contributed by atoms with Crippen LogP contribution in [-0.4, -0.2) is 23.9 Å². The van der Waals surface area contributed by atoms with E-state index in [9.17, 15) is 4.79 Å². The number of carbonyl (C=O) groups excluding carboxylic acids is 1. The Morgan fingerprint density at radius 3 is 2.61 bits per heavy atom. The van der Waals surface area contributed by atoms with E-state index in [4.69, 9.17) is 9.47 Å². The first-order valence-electron chi connectivity index (χ1n) is 9.96. The van der Waals surface area contributed by atoms with E-state index in [0.717, 1.165) is 32.1 Å². The molecule has 0 fully saturated rings. The van der Waals surface area contributed by atoms with E-state index in [1.807, 2.05) is 53.9 Å². The Balaban J connectivity index is 1.20. The summed E-state index contributed by atoms with van der Waals surface area (Å²) >= 11 is 4.99. The maximum Gasteiger partial charge on any atom is 0.271 e. The first kappa shape index (κ1) is 21.2. The lowest BCUT2D eigenvalue weighted by Gasteiger charge is -2.05. The van der Waals surface area contributed by atoms with Crippen LogP contribution in [0.5, 0.6) is 11.5 Å². The smallest absolute Gasteiger partial charge is 0.271 e. The molecule has 0 unspecified atom stereocenters. The fourth-order valence-electron chi connectivity index (χ4n) is 3.16. The van der Waals surface area contributed by atoms with Crippen LogP contribution in [0.15, 0.2) is 81.7 Å². The van der Waals surface area contributed by atoms with Gasteiger partial charge in [-0.3, -0.25) is 4.79 Å². The monoisotopic (exact) mass is 520 g/mol. The molecule has 4 aromatic rings. The molecule has 2 N–H and O–H groups in total. The maximum absolute atomic E-state index is 12.4. The number of nitrogens with one attached hydrogen (secondary N) is 2. The predicted molar refractivity (Wildman–Crippen MR) is 133 cm³/mol. The zero-order valence-corrected chi connectivity index (χ0v) is 19.5. The van der Waals surface area contributed by atoms with Gasteiger partial charge in [0.25, 0.3) is 5.91 Å². The van der Waals surface area contributed by atoms with Crippen LogP contribution in [0.1, 0.15) is 15.9 Å². The second kappa shape index (κ2) is 9.43. The van der Waals surface area contributed by atoms with Gasteiger partial charge in [0.2, 0.25) is 6.79 Å². The average Bonchev–Trinajstić information content (AvgIpc) is 3.49. The Bertz CT molecular complexity index is 1320. The van der Waals surface area contributed by atoms with Gasteiger partial charge in [0.1, 0.15) is 0 Å². The molecule has 5 rings (SSSR count). The second-order valence-electron chi connectivity index (χ2n) is 7.03. The normalized spacial score (nSPS) is 12.2. The average molecular weight is 521 g/mol. The zero-order valence-electron chi connectivity index (χ0n) is 17.1. The van der Waals surface area contributed by atoms with Crippen molar-refractivity contribution in [3.63, 3.8) is 0 Å². The number of thiazole rings is 1. The van der Waals surface area contributed by atoms with E-state index in [-0.39, 0.29) is 12.7 Å². The van der Waals surface area contributed by atoms with Crippen LogP contribution in [-0.2, 0) is 0 Å². The molecule has 3 aromatic carbocycles. The van der Waals surface area contributed by atoms with Crippen molar-refractivity contribution in [2.24, 2.45) is 5.10 Å². The van der Waals surface area contributed by atoms with Gasteiger partial charge in [-0.05, 0) is 52.3 Å². The number of carbonyl (C=O) groups is 1. The molecule has 33 heavy (non-hydrogen) atoms. The summed E-state index contributed by atoms with van der Waals surface area (Å²) in [5, 5.41) is 10.1. The summed E-state index contributed by atoms with van der Waals surface area (Å²) in [5.74, 6) is 1.01. The molecule has 0 atom stereocenters. The maximum atomic E-state index is 12.4. The topological polar surface area (TPSA) is 84.8 Å². The van der Waals surface area contributed by atoms with Crippen LogP contribution in [0.3, 0.4) is 0 Å². The summed E-state index contributed by atoms with van der Waals surface area (Å²) < 4.78 is 11.5. The van der Waals surface area contributed by atoms with E-state index in [1.165, 1.54) is 11.3 Å². The van der Waals surface area contributed by atoms with Crippen LogP contribution in [0.25, 0.3) is 11.3 Å². The number of amides is 1. The second-order valence-corrected chi connectivity index (χ2v) is 8.74. The lowest BCUT2D eigenvalue weighted by Crippen LogP contribution is -2.17. The summed E-state index contributed by atoms with van der Waals surface area (Å²) in [6, 6.07) is 20.7. The van der Waals surface area contributed by atoms with Crippen molar-refractivity contribution >= 4 is 50.2 Å². The van der Waals surface area contributed by atoms with Gasteiger partial charge in [-0.15, -0.1) is 11.3 Å². The van der Waals surface area contributed by atoms with Crippen LogP contribution >= 0.6 is 27.3 Å². The van der Waals surface area contributed by atoms with Crippen molar-refractivity contribution in [3.8, 4) is 22.8 Å². The Labute approximate surface area is 202 Å². The molecule has 164 valence electrons. The van der Waals surface area contributed by atoms with Crippen molar-refractivity contribution < 1.29 is 14.3 Å². The quantitative estimate of drug-likeness (QED) is 0.247. The molecule has 0 aliphatic carbocycles. The minimum absolute atomic E-state index is 0.195. The first-order valence-corrected chi connectivity index (χ1v) is 11.6. The first-order chi connectivity index (χ1) is 16.2. The SMILES string of the molecule is O=C(NN=Cc1cc2c(cc1Br)OCO2)c1ccc(Nc2nc(-c3ccccc3)cs2)cc1. The minimum Gasteiger partial charge on any atom is -0.454 e. The third-order valence-corrected chi connectivity index (χ3v) is 6.28. The third kappa shape index (κ3) is 4.89. The Kier molecular flexibility index (Phi) is 6.05. The molecular formula is C24H17BrN4O3S. The van der Waals surface area contributed by atoms with Gasteiger partial charge in [-0.2, -0.15) is 5.10 Å². The van der Waals surface area contributed by atoms with Gasteiger partial charge >= 0.3 is 0 Å². The summed E-state index contributed by atoms with van der Waals surface area (Å²) in [5.41, 5.74) is 6.63. The molecule has 1 aliphatic rings. The van der Waals surface area contributed by atoms with Gasteiger partial charge in [-0.25, -0.2) is 10.4 Å². The highest BCUT2D eigenvalue weighted by atomic mass is 79.9. The standard InChI is InChI=1S/C24H17BrN4O3S/c25-19-11-22-21(31-14-32-22)10-17(19)12-26-29-23(30)16-6-8-18(9-7-16)27-24-28-20(13-33-24)15-4-2-1-3-5-15/h1-13H,14H2,(H,27,28)(H,29,30). The number of fused-ring (bicyclic) bond motifs is 1. The summed E-state index contributed by atoms with van der Waals surface area (Å²) in [6.45, 7) is 0.195. The highest BCUT2D eigenvalue weighted by Gasteiger charge is 2.15. The van der Waals surface area contributed by atoms with Gasteiger partial charge in [0.15, 0.2) is 16.6 Å². The lowest BCUT2D eigenvalue weighted by molar-refractivity contribution is 0.0955. The van der Waals surface area contributed by atoms with Crippen LogP contribution in [0.2, 0.25) is 0 Å². The number of halogens is 1. The number of hydrogen-bond acceptors (Lipinski definition) is 7. The van der Waals surface area contributed by atoms with E-state index >= 15 is 0 Å². The molecule has 2 heterocycles. The number of ether oxygens (including phenoxy) is 2. The molecule has 0 radical (unpaired) electrons. The predicted octanol–water partition coefficient (Wildman–Crippen LogP) is 5.81. The van der Waals surface area contributed by atoms with Crippen LogP contribution in [0.4, 0.5) is 10.8 Å². The van der Waals surface area contributed by atoms with Crippen molar-refractivity contribution in [2.45, 2.75) is 0 Å². The number of nitrogens with zero attached hydrogens (tertiary/aromatic N) is 2. The van der Waals surface area contributed by atoms with Gasteiger partial charge in [0, 0.05) is 32.2 Å². The largest absolute Gasteiger partial charge is 0.454 e. The Morgan fingerprint density at radius 1 is 1.06 bits per heavy atom. The van der Waals surface area contributed by atoms with Gasteiger partial charge < -0.3 is 14.8 Å². The molecule has 0 bridgehead atoms. The van der Waals surface area contributed by atoms with E-state index in [0.29, 0.717) is 17.1 Å². The highest BCUT2D eigenvalue weighted by molar-refractivity contribution is 9.10. The molecule has 7 nitrogen and oxygen atoms in total. The van der Waals surface area contributed by atoms with Gasteiger partial charge in [-0.1, -0.05) is 30.3 Å². The number of hydrogen-bond donors (Lipinski definition) is 2. The number of benzene rings is 3. The van der Waals surface area contributed by atoms with Crippen molar-refractivity contribution in [2.75, 3.05) is 12.1 Å². The fourth-order valence-corrected chi connectivity index (χ4v) is 4.32. The molecule has 0 spiro atoms. The molecule has 1 aliphatic heterocycles. The number of hydrazone groups is 1. The zero-order chi connectivity index (χ0) is 22.6. The Morgan fingerprint density at radius 2 is 1.82 bits per heavy atom. The number of rotatable bonds is 6. The van der Waals surface area contributed by atoms with Crippen molar-refractivity contribution in [1.82, 2.24) is 10.4 Å². The fraction of sp³-hybridized carbons (Fsp3) is 0.0417. The Hall–Kier alpha value is -3.69. The van der Waals surface area contributed by atoms with E-state index in [1.54, 1.807) is 24.4 Å². The molecule has 0 saturated carbocycles. The molecule has 1 amide bonds. The molecule has 0 saturated heterocycles. The lowest BCUT2D eigenvalue weighted by atomic mass is 10.2.